The highest BCUT2D eigenvalue weighted by Gasteiger charge is 2.16. The van der Waals surface area contributed by atoms with Crippen molar-refractivity contribution in [2.24, 2.45) is 0 Å². The molecule has 1 aromatic rings. The SMILES string of the molecule is CC(C)(CO)NCc1cc(Cl)cc(Cl)c1O. The summed E-state index contributed by atoms with van der Waals surface area (Å²) in [6.45, 7) is 4.11. The van der Waals surface area contributed by atoms with E-state index in [0.29, 0.717) is 17.1 Å². The summed E-state index contributed by atoms with van der Waals surface area (Å²) >= 11 is 11.6. The Balaban J connectivity index is 2.82. The van der Waals surface area contributed by atoms with Crippen LogP contribution in [0.3, 0.4) is 0 Å². The van der Waals surface area contributed by atoms with E-state index >= 15 is 0 Å². The number of phenolic OH excluding ortho intramolecular Hbond substituents is 1. The van der Waals surface area contributed by atoms with Gasteiger partial charge in [0.1, 0.15) is 5.75 Å². The third-order valence-corrected chi connectivity index (χ3v) is 2.77. The van der Waals surface area contributed by atoms with Crippen LogP contribution in [0.25, 0.3) is 0 Å². The molecule has 3 N–H and O–H groups in total. The number of aliphatic hydroxyl groups excluding tert-OH is 1. The minimum Gasteiger partial charge on any atom is -0.506 e. The highest BCUT2D eigenvalue weighted by atomic mass is 35.5. The van der Waals surface area contributed by atoms with Crippen LogP contribution in [0.4, 0.5) is 0 Å². The van der Waals surface area contributed by atoms with Gasteiger partial charge in [0, 0.05) is 22.7 Å². The van der Waals surface area contributed by atoms with E-state index < -0.39 is 5.54 Å². The smallest absolute Gasteiger partial charge is 0.138 e. The number of hydrogen-bond acceptors (Lipinski definition) is 3. The van der Waals surface area contributed by atoms with Gasteiger partial charge in [-0.25, -0.2) is 0 Å². The Bertz CT molecular complexity index is 380. The lowest BCUT2D eigenvalue weighted by molar-refractivity contribution is 0.187. The maximum Gasteiger partial charge on any atom is 0.138 e. The van der Waals surface area contributed by atoms with E-state index in [2.05, 4.69) is 5.32 Å². The van der Waals surface area contributed by atoms with Crippen LogP contribution >= 0.6 is 23.2 Å². The first kappa shape index (κ1) is 13.6. The normalized spacial score (nSPS) is 11.8. The molecule has 0 spiro atoms. The number of nitrogens with one attached hydrogen (secondary N) is 1. The van der Waals surface area contributed by atoms with Crippen molar-refractivity contribution in [3.05, 3.63) is 27.7 Å². The zero-order valence-corrected chi connectivity index (χ0v) is 10.7. The number of hydrogen-bond donors (Lipinski definition) is 3. The van der Waals surface area contributed by atoms with Crippen LogP contribution in [0.2, 0.25) is 10.0 Å². The van der Waals surface area contributed by atoms with Gasteiger partial charge >= 0.3 is 0 Å². The minimum atomic E-state index is -0.415. The lowest BCUT2D eigenvalue weighted by Crippen LogP contribution is -2.42. The zero-order chi connectivity index (χ0) is 12.3. The van der Waals surface area contributed by atoms with Crippen LogP contribution in [-0.2, 0) is 6.54 Å². The molecule has 0 saturated carbocycles. The molecule has 0 fully saturated rings. The molecule has 0 aliphatic carbocycles. The molecule has 0 radical (unpaired) electrons. The summed E-state index contributed by atoms with van der Waals surface area (Å²) < 4.78 is 0. The van der Waals surface area contributed by atoms with Crippen molar-refractivity contribution in [3.63, 3.8) is 0 Å². The zero-order valence-electron chi connectivity index (χ0n) is 9.22. The van der Waals surface area contributed by atoms with Crippen molar-refractivity contribution < 1.29 is 10.2 Å². The third kappa shape index (κ3) is 3.52. The van der Waals surface area contributed by atoms with Crippen LogP contribution in [0.5, 0.6) is 5.75 Å². The Morgan fingerprint density at radius 1 is 1.31 bits per heavy atom. The largest absolute Gasteiger partial charge is 0.506 e. The fourth-order valence-electron chi connectivity index (χ4n) is 1.14. The number of aromatic hydroxyl groups is 1. The molecule has 1 aromatic carbocycles. The Kier molecular flexibility index (Phi) is 4.44. The molecular weight excluding hydrogens is 249 g/mol. The molecule has 0 heterocycles. The van der Waals surface area contributed by atoms with Crippen molar-refractivity contribution in [3.8, 4) is 5.75 Å². The average molecular weight is 264 g/mol. The molecule has 90 valence electrons. The fourth-order valence-corrected chi connectivity index (χ4v) is 1.68. The molecule has 0 bridgehead atoms. The second-order valence-electron chi connectivity index (χ2n) is 4.29. The lowest BCUT2D eigenvalue weighted by Gasteiger charge is -2.24. The standard InChI is InChI=1S/C11H15Cl2NO2/c1-11(2,6-15)14-5-7-3-8(12)4-9(13)10(7)16/h3-4,14-16H,5-6H2,1-2H3. The Hall–Kier alpha value is -0.480. The summed E-state index contributed by atoms with van der Waals surface area (Å²) in [5.41, 5.74) is 0.195. The first-order valence-electron chi connectivity index (χ1n) is 4.88. The molecule has 5 heteroatoms. The quantitative estimate of drug-likeness (QED) is 0.783. The molecule has 0 aromatic heterocycles. The first-order chi connectivity index (χ1) is 7.35. The Morgan fingerprint density at radius 3 is 2.50 bits per heavy atom. The number of aliphatic hydroxyl groups is 1. The topological polar surface area (TPSA) is 52.5 Å². The number of benzene rings is 1. The summed E-state index contributed by atoms with van der Waals surface area (Å²) in [4.78, 5) is 0. The van der Waals surface area contributed by atoms with Gasteiger partial charge in [0.2, 0.25) is 0 Å². The summed E-state index contributed by atoms with van der Waals surface area (Å²) in [7, 11) is 0. The van der Waals surface area contributed by atoms with Crippen molar-refractivity contribution in [2.45, 2.75) is 25.9 Å². The van der Waals surface area contributed by atoms with Crippen LogP contribution in [-0.4, -0.2) is 22.4 Å². The third-order valence-electron chi connectivity index (χ3n) is 2.26. The molecule has 0 atom stereocenters. The van der Waals surface area contributed by atoms with E-state index in [9.17, 15) is 5.11 Å². The van der Waals surface area contributed by atoms with Crippen molar-refractivity contribution in [1.29, 1.82) is 0 Å². The monoisotopic (exact) mass is 263 g/mol. The summed E-state index contributed by atoms with van der Waals surface area (Å²) in [5, 5.41) is 22.6. The number of phenols is 1. The van der Waals surface area contributed by atoms with Gasteiger partial charge in [-0.2, -0.15) is 0 Å². The summed E-state index contributed by atoms with van der Waals surface area (Å²) in [6, 6.07) is 3.13. The molecule has 1 rings (SSSR count). The molecule has 16 heavy (non-hydrogen) atoms. The van der Waals surface area contributed by atoms with Gasteiger partial charge in [-0.3, -0.25) is 0 Å². The van der Waals surface area contributed by atoms with E-state index in [-0.39, 0.29) is 17.4 Å². The van der Waals surface area contributed by atoms with Crippen molar-refractivity contribution in [2.75, 3.05) is 6.61 Å². The van der Waals surface area contributed by atoms with Gasteiger partial charge in [-0.15, -0.1) is 0 Å². The minimum absolute atomic E-state index is 0.00204. The van der Waals surface area contributed by atoms with Crippen LogP contribution in [0.1, 0.15) is 19.4 Å². The van der Waals surface area contributed by atoms with E-state index in [1.54, 1.807) is 6.07 Å². The van der Waals surface area contributed by atoms with Crippen LogP contribution < -0.4 is 5.32 Å². The molecule has 3 nitrogen and oxygen atoms in total. The molecule has 0 aliphatic heterocycles. The van der Waals surface area contributed by atoms with Gasteiger partial charge in [0.05, 0.1) is 11.6 Å². The molecule has 0 saturated heterocycles. The Labute approximate surface area is 105 Å². The maximum absolute atomic E-state index is 9.70. The maximum atomic E-state index is 9.70. The molecule has 0 aliphatic rings. The highest BCUT2D eigenvalue weighted by molar-refractivity contribution is 6.35. The van der Waals surface area contributed by atoms with Gasteiger partial charge < -0.3 is 15.5 Å². The van der Waals surface area contributed by atoms with Crippen LogP contribution in [0, 0.1) is 0 Å². The van der Waals surface area contributed by atoms with Crippen molar-refractivity contribution >= 4 is 23.2 Å². The summed E-state index contributed by atoms with van der Waals surface area (Å²) in [6.07, 6.45) is 0. The highest BCUT2D eigenvalue weighted by Crippen LogP contribution is 2.31. The first-order valence-corrected chi connectivity index (χ1v) is 5.64. The number of rotatable bonds is 4. The predicted octanol–water partition coefficient (Wildman–Crippen LogP) is 2.56. The molecule has 0 unspecified atom stereocenters. The molecular formula is C11H15Cl2NO2. The predicted molar refractivity (Wildman–Crippen MR) is 66.1 cm³/mol. The lowest BCUT2D eigenvalue weighted by atomic mass is 10.1. The average Bonchev–Trinajstić information content (AvgIpc) is 2.21. The summed E-state index contributed by atoms with van der Waals surface area (Å²) in [5.74, 6) is 0.0207. The van der Waals surface area contributed by atoms with E-state index in [4.69, 9.17) is 28.3 Å². The van der Waals surface area contributed by atoms with Gasteiger partial charge in [0.15, 0.2) is 0 Å². The van der Waals surface area contributed by atoms with Gasteiger partial charge in [-0.05, 0) is 26.0 Å². The van der Waals surface area contributed by atoms with Crippen molar-refractivity contribution in [1.82, 2.24) is 5.32 Å². The number of halogens is 2. The van der Waals surface area contributed by atoms with Gasteiger partial charge in [0.25, 0.3) is 0 Å². The Morgan fingerprint density at radius 2 is 1.94 bits per heavy atom. The van der Waals surface area contributed by atoms with E-state index in [1.165, 1.54) is 6.07 Å². The second-order valence-corrected chi connectivity index (χ2v) is 5.13. The molecule has 0 amide bonds. The fraction of sp³-hybridized carbons (Fsp3) is 0.455. The van der Waals surface area contributed by atoms with E-state index in [1.807, 2.05) is 13.8 Å². The van der Waals surface area contributed by atoms with Gasteiger partial charge in [-0.1, -0.05) is 23.2 Å². The van der Waals surface area contributed by atoms with E-state index in [0.717, 1.165) is 0 Å². The second kappa shape index (κ2) is 5.23. The van der Waals surface area contributed by atoms with Crippen LogP contribution in [0.15, 0.2) is 12.1 Å².